The minimum atomic E-state index is -0.173. The molecule has 1 amide bonds. The van der Waals surface area contributed by atoms with E-state index < -0.39 is 0 Å². The third-order valence-corrected chi connectivity index (χ3v) is 4.77. The molecular weight excluding hydrogens is 324 g/mol. The Hall–Kier alpha value is -2.85. The van der Waals surface area contributed by atoms with Crippen LogP contribution in [-0.4, -0.2) is 26.1 Å². The van der Waals surface area contributed by atoms with Gasteiger partial charge in [0, 0.05) is 11.3 Å². The largest absolute Gasteiger partial charge is 0.497 e. The topological polar surface area (TPSA) is 42.8 Å². The number of nitrogens with one attached hydrogen (secondary N) is 2. The second-order valence-electron chi connectivity index (χ2n) is 6.65. The summed E-state index contributed by atoms with van der Waals surface area (Å²) in [5.41, 5.74) is 1.97. The van der Waals surface area contributed by atoms with E-state index in [9.17, 15) is 4.79 Å². The summed E-state index contributed by atoms with van der Waals surface area (Å²) in [6, 6.07) is 21.9. The first-order valence-corrected chi connectivity index (χ1v) is 8.82. The lowest BCUT2D eigenvalue weighted by Gasteiger charge is -2.21. The molecule has 0 spiro atoms. The smallest absolute Gasteiger partial charge is 0.282 e. The Morgan fingerprint density at radius 2 is 1.81 bits per heavy atom. The van der Waals surface area contributed by atoms with Gasteiger partial charge in [-0.2, -0.15) is 0 Å². The molecular formula is C22H25N2O2+. The van der Waals surface area contributed by atoms with E-state index in [2.05, 4.69) is 23.5 Å². The molecule has 3 aromatic rings. The maximum atomic E-state index is 12.6. The molecule has 0 fully saturated rings. The van der Waals surface area contributed by atoms with Crippen molar-refractivity contribution in [1.29, 1.82) is 0 Å². The summed E-state index contributed by atoms with van der Waals surface area (Å²) in [6.07, 6.45) is 0. The maximum Gasteiger partial charge on any atom is 0.282 e. The molecule has 0 aliphatic carbocycles. The molecule has 1 unspecified atom stereocenters. The van der Waals surface area contributed by atoms with E-state index >= 15 is 0 Å². The van der Waals surface area contributed by atoms with Crippen LogP contribution in [0, 0.1) is 0 Å². The number of hydrogen-bond acceptors (Lipinski definition) is 2. The van der Waals surface area contributed by atoms with Gasteiger partial charge in [0.25, 0.3) is 5.91 Å². The summed E-state index contributed by atoms with van der Waals surface area (Å²) in [6.45, 7) is 2.70. The molecule has 0 saturated heterocycles. The molecule has 0 aliphatic heterocycles. The van der Waals surface area contributed by atoms with Crippen molar-refractivity contribution in [3.05, 3.63) is 72.3 Å². The second-order valence-corrected chi connectivity index (χ2v) is 6.65. The van der Waals surface area contributed by atoms with Gasteiger partial charge in [-0.25, -0.2) is 0 Å². The first kappa shape index (κ1) is 18.0. The number of rotatable bonds is 6. The van der Waals surface area contributed by atoms with Gasteiger partial charge >= 0.3 is 0 Å². The predicted octanol–water partition coefficient (Wildman–Crippen LogP) is 2.89. The number of methoxy groups -OCH3 is 1. The van der Waals surface area contributed by atoms with Gasteiger partial charge in [-0.15, -0.1) is 0 Å². The highest BCUT2D eigenvalue weighted by atomic mass is 16.5. The van der Waals surface area contributed by atoms with Crippen molar-refractivity contribution in [2.75, 3.05) is 19.5 Å². The van der Waals surface area contributed by atoms with Crippen molar-refractivity contribution in [3.63, 3.8) is 0 Å². The van der Waals surface area contributed by atoms with Crippen LogP contribution in [0.1, 0.15) is 12.5 Å². The van der Waals surface area contributed by atoms with E-state index in [1.165, 1.54) is 5.39 Å². The maximum absolute atomic E-state index is 12.6. The zero-order chi connectivity index (χ0) is 18.5. The third-order valence-electron chi connectivity index (χ3n) is 4.77. The minimum absolute atomic E-state index is 0.0145. The quantitative estimate of drug-likeness (QED) is 0.719. The molecule has 3 aromatic carbocycles. The first-order chi connectivity index (χ1) is 12.6. The summed E-state index contributed by atoms with van der Waals surface area (Å²) in [4.78, 5) is 13.8. The number of hydrogen-bond donors (Lipinski definition) is 2. The zero-order valence-corrected chi connectivity index (χ0v) is 15.5. The highest BCUT2D eigenvalue weighted by Gasteiger charge is 2.22. The Morgan fingerprint density at radius 1 is 1.04 bits per heavy atom. The fourth-order valence-corrected chi connectivity index (χ4v) is 3.00. The van der Waals surface area contributed by atoms with Gasteiger partial charge in [0.2, 0.25) is 0 Å². The molecule has 0 aliphatic rings. The number of benzene rings is 3. The van der Waals surface area contributed by atoms with Crippen LogP contribution in [0.25, 0.3) is 10.8 Å². The molecule has 0 bridgehead atoms. The molecule has 2 N–H and O–H groups in total. The number of likely N-dealkylation sites (N-methyl/N-ethyl adjacent to an activating group) is 1. The Bertz CT molecular complexity index is 907. The highest BCUT2D eigenvalue weighted by molar-refractivity contribution is 5.96. The molecule has 0 saturated carbocycles. The van der Waals surface area contributed by atoms with Gasteiger partial charge in [-0.3, -0.25) is 4.79 Å². The molecule has 0 radical (unpaired) electrons. The van der Waals surface area contributed by atoms with Gasteiger partial charge in [0.15, 0.2) is 6.04 Å². The van der Waals surface area contributed by atoms with Gasteiger partial charge in [-0.1, -0.05) is 42.5 Å². The van der Waals surface area contributed by atoms with Crippen LogP contribution in [0.5, 0.6) is 5.75 Å². The average molecular weight is 349 g/mol. The standard InChI is InChI=1S/C22H24N2O2/c1-16(24(2)15-17-7-6-10-21(13-17)26-3)22(25)23-20-12-11-18-8-4-5-9-19(18)14-20/h4-14,16H,15H2,1-3H3,(H,23,25)/p+1/t16-/m0/s1. The average Bonchev–Trinajstić information content (AvgIpc) is 2.67. The number of anilines is 1. The fourth-order valence-electron chi connectivity index (χ4n) is 3.00. The number of quaternary nitrogens is 1. The normalized spacial score (nSPS) is 13.2. The van der Waals surface area contributed by atoms with Crippen LogP contribution >= 0.6 is 0 Å². The lowest BCUT2D eigenvalue weighted by molar-refractivity contribution is -0.907. The van der Waals surface area contributed by atoms with Crippen LogP contribution in [0.2, 0.25) is 0 Å². The van der Waals surface area contributed by atoms with Crippen LogP contribution in [0.15, 0.2) is 66.7 Å². The van der Waals surface area contributed by atoms with Gasteiger partial charge in [0.05, 0.1) is 14.2 Å². The molecule has 0 aromatic heterocycles. The Kier molecular flexibility index (Phi) is 5.54. The lowest BCUT2D eigenvalue weighted by Crippen LogP contribution is -3.12. The van der Waals surface area contributed by atoms with Crippen LogP contribution in [0.4, 0.5) is 5.69 Å². The van der Waals surface area contributed by atoms with Crippen molar-refractivity contribution in [2.24, 2.45) is 0 Å². The number of fused-ring (bicyclic) bond motifs is 1. The lowest BCUT2D eigenvalue weighted by atomic mass is 10.1. The first-order valence-electron chi connectivity index (χ1n) is 8.82. The Morgan fingerprint density at radius 3 is 2.58 bits per heavy atom. The monoisotopic (exact) mass is 349 g/mol. The molecule has 4 nitrogen and oxygen atoms in total. The summed E-state index contributed by atoms with van der Waals surface area (Å²) < 4.78 is 5.27. The van der Waals surface area contributed by atoms with Crippen molar-refractivity contribution in [1.82, 2.24) is 0 Å². The molecule has 4 heteroatoms. The van der Waals surface area contributed by atoms with Gasteiger partial charge < -0.3 is 15.0 Å². The molecule has 0 heterocycles. The van der Waals surface area contributed by atoms with E-state index in [0.717, 1.165) is 33.8 Å². The molecule has 134 valence electrons. The van der Waals surface area contributed by atoms with Crippen molar-refractivity contribution >= 4 is 22.4 Å². The minimum Gasteiger partial charge on any atom is -0.497 e. The van der Waals surface area contributed by atoms with Crippen molar-refractivity contribution in [2.45, 2.75) is 19.5 Å². The van der Waals surface area contributed by atoms with Crippen LogP contribution < -0.4 is 15.0 Å². The summed E-state index contributed by atoms with van der Waals surface area (Å²) in [7, 11) is 3.69. The highest BCUT2D eigenvalue weighted by Crippen LogP contribution is 2.18. The number of ether oxygens (including phenoxy) is 1. The Balaban J connectivity index is 1.65. The number of carbonyl (C=O) groups excluding carboxylic acids is 1. The van der Waals surface area contributed by atoms with Gasteiger partial charge in [-0.05, 0) is 42.0 Å². The molecule has 26 heavy (non-hydrogen) atoms. The second kappa shape index (κ2) is 8.02. The van der Waals surface area contributed by atoms with Crippen LogP contribution in [-0.2, 0) is 11.3 Å². The Labute approximate surface area is 154 Å². The summed E-state index contributed by atoms with van der Waals surface area (Å²) >= 11 is 0. The van der Waals surface area contributed by atoms with E-state index in [-0.39, 0.29) is 11.9 Å². The number of carbonyl (C=O) groups is 1. The molecule has 2 atom stereocenters. The van der Waals surface area contributed by atoms with E-state index in [0.29, 0.717) is 0 Å². The van der Waals surface area contributed by atoms with E-state index in [4.69, 9.17) is 4.74 Å². The SMILES string of the molecule is COc1cccc(C[NH+](C)[C@@H](C)C(=O)Nc2ccc3ccccc3c2)c1. The zero-order valence-electron chi connectivity index (χ0n) is 15.5. The summed E-state index contributed by atoms with van der Waals surface area (Å²) in [5.74, 6) is 0.851. The van der Waals surface area contributed by atoms with Crippen molar-refractivity contribution < 1.29 is 14.4 Å². The number of amides is 1. The van der Waals surface area contributed by atoms with E-state index in [1.54, 1.807) is 7.11 Å². The predicted molar refractivity (Wildman–Crippen MR) is 106 cm³/mol. The molecule has 3 rings (SSSR count). The summed E-state index contributed by atoms with van der Waals surface area (Å²) in [5, 5.41) is 5.33. The van der Waals surface area contributed by atoms with Gasteiger partial charge in [0.1, 0.15) is 12.3 Å². The third kappa shape index (κ3) is 4.21. The van der Waals surface area contributed by atoms with Crippen LogP contribution in [0.3, 0.4) is 0 Å². The van der Waals surface area contributed by atoms with E-state index in [1.807, 2.05) is 62.5 Å². The fraction of sp³-hybridized carbons (Fsp3) is 0.227. The van der Waals surface area contributed by atoms with Crippen molar-refractivity contribution in [3.8, 4) is 5.75 Å².